The zero-order valence-corrected chi connectivity index (χ0v) is 7.87. The van der Waals surface area contributed by atoms with Crippen molar-refractivity contribution >= 4 is 0 Å². The van der Waals surface area contributed by atoms with Crippen LogP contribution in [0.3, 0.4) is 0 Å². The van der Waals surface area contributed by atoms with Crippen molar-refractivity contribution < 1.29 is 5.11 Å². The molecule has 0 spiro atoms. The van der Waals surface area contributed by atoms with E-state index < -0.39 is 0 Å². The molecule has 0 aliphatic heterocycles. The number of rotatable bonds is 7. The standard InChI is InChI=1S/C9H20N2O/c1-3-6-11(7-8-12)9(2)4-5-10/h3,9,12H,1,4-8,10H2,2H3. The summed E-state index contributed by atoms with van der Waals surface area (Å²) in [7, 11) is 0. The fourth-order valence-electron chi connectivity index (χ4n) is 1.21. The molecular weight excluding hydrogens is 152 g/mol. The number of nitrogens with two attached hydrogens (primary N) is 1. The van der Waals surface area contributed by atoms with Crippen molar-refractivity contribution in [1.29, 1.82) is 0 Å². The molecule has 0 rings (SSSR count). The molecule has 3 nitrogen and oxygen atoms in total. The Balaban J connectivity index is 3.80. The van der Waals surface area contributed by atoms with Crippen LogP contribution >= 0.6 is 0 Å². The fraction of sp³-hybridized carbons (Fsp3) is 0.778. The highest BCUT2D eigenvalue weighted by Gasteiger charge is 2.09. The van der Waals surface area contributed by atoms with Crippen molar-refractivity contribution in [3.8, 4) is 0 Å². The predicted octanol–water partition coefficient (Wildman–Crippen LogP) is 0.204. The molecule has 0 saturated heterocycles. The van der Waals surface area contributed by atoms with Gasteiger partial charge in [0.05, 0.1) is 6.61 Å². The lowest BCUT2D eigenvalue weighted by atomic mass is 10.2. The monoisotopic (exact) mass is 172 g/mol. The lowest BCUT2D eigenvalue weighted by Gasteiger charge is -2.26. The van der Waals surface area contributed by atoms with Crippen molar-refractivity contribution in [2.45, 2.75) is 19.4 Å². The zero-order chi connectivity index (χ0) is 9.40. The van der Waals surface area contributed by atoms with Crippen LogP contribution in [0.4, 0.5) is 0 Å². The fourth-order valence-corrected chi connectivity index (χ4v) is 1.21. The van der Waals surface area contributed by atoms with Gasteiger partial charge >= 0.3 is 0 Å². The number of hydrogen-bond acceptors (Lipinski definition) is 3. The molecule has 0 saturated carbocycles. The van der Waals surface area contributed by atoms with Gasteiger partial charge in [0.25, 0.3) is 0 Å². The van der Waals surface area contributed by atoms with Gasteiger partial charge in [0, 0.05) is 19.1 Å². The number of hydrogen-bond donors (Lipinski definition) is 2. The molecule has 3 N–H and O–H groups in total. The average Bonchev–Trinajstić information content (AvgIpc) is 2.04. The van der Waals surface area contributed by atoms with Crippen LogP contribution in [0.25, 0.3) is 0 Å². The molecule has 0 aromatic heterocycles. The molecule has 0 fully saturated rings. The largest absolute Gasteiger partial charge is 0.395 e. The number of aliphatic hydroxyl groups excluding tert-OH is 1. The number of nitrogens with zero attached hydrogens (tertiary/aromatic N) is 1. The molecule has 0 heterocycles. The van der Waals surface area contributed by atoms with Gasteiger partial charge in [-0.05, 0) is 19.9 Å². The first-order valence-corrected chi connectivity index (χ1v) is 4.42. The molecule has 0 amide bonds. The summed E-state index contributed by atoms with van der Waals surface area (Å²) in [5.74, 6) is 0. The van der Waals surface area contributed by atoms with E-state index in [2.05, 4.69) is 18.4 Å². The first-order chi connectivity index (χ1) is 5.76. The molecule has 0 aromatic carbocycles. The van der Waals surface area contributed by atoms with E-state index in [1.165, 1.54) is 0 Å². The van der Waals surface area contributed by atoms with Crippen LogP contribution in [0.1, 0.15) is 13.3 Å². The Morgan fingerprint density at radius 1 is 1.67 bits per heavy atom. The first kappa shape index (κ1) is 11.6. The van der Waals surface area contributed by atoms with Crippen LogP contribution in [0.15, 0.2) is 12.7 Å². The topological polar surface area (TPSA) is 49.5 Å². The van der Waals surface area contributed by atoms with E-state index in [0.717, 1.165) is 13.0 Å². The molecule has 1 atom stereocenters. The summed E-state index contributed by atoms with van der Waals surface area (Å²) in [6.07, 6.45) is 2.82. The van der Waals surface area contributed by atoms with E-state index in [0.29, 0.717) is 19.1 Å². The van der Waals surface area contributed by atoms with Gasteiger partial charge in [-0.1, -0.05) is 6.08 Å². The second-order valence-corrected chi connectivity index (χ2v) is 2.93. The lowest BCUT2D eigenvalue weighted by Crippen LogP contribution is -2.36. The van der Waals surface area contributed by atoms with Gasteiger partial charge in [-0.25, -0.2) is 0 Å². The summed E-state index contributed by atoms with van der Waals surface area (Å²) in [6, 6.07) is 0.431. The predicted molar refractivity (Wildman–Crippen MR) is 52.0 cm³/mol. The van der Waals surface area contributed by atoms with E-state index >= 15 is 0 Å². The van der Waals surface area contributed by atoms with Crippen molar-refractivity contribution in [2.75, 3.05) is 26.2 Å². The summed E-state index contributed by atoms with van der Waals surface area (Å²) < 4.78 is 0. The van der Waals surface area contributed by atoms with Crippen LogP contribution in [0.2, 0.25) is 0 Å². The molecule has 12 heavy (non-hydrogen) atoms. The van der Waals surface area contributed by atoms with Crippen LogP contribution in [-0.2, 0) is 0 Å². The molecule has 1 unspecified atom stereocenters. The van der Waals surface area contributed by atoms with Gasteiger partial charge in [-0.2, -0.15) is 0 Å². The summed E-state index contributed by atoms with van der Waals surface area (Å²) in [5.41, 5.74) is 5.44. The van der Waals surface area contributed by atoms with Gasteiger partial charge in [-0.15, -0.1) is 6.58 Å². The maximum Gasteiger partial charge on any atom is 0.0558 e. The third kappa shape index (κ3) is 4.49. The Kier molecular flexibility index (Phi) is 7.05. The highest BCUT2D eigenvalue weighted by Crippen LogP contribution is 2.01. The molecule has 0 bridgehead atoms. The SMILES string of the molecule is C=CCN(CCO)C(C)CCN. The molecule has 0 aliphatic carbocycles. The van der Waals surface area contributed by atoms with Gasteiger partial charge in [0.1, 0.15) is 0 Å². The quantitative estimate of drug-likeness (QED) is 0.539. The summed E-state index contributed by atoms with van der Waals surface area (Å²) in [5, 5.41) is 8.77. The van der Waals surface area contributed by atoms with Crippen molar-refractivity contribution in [3.63, 3.8) is 0 Å². The smallest absolute Gasteiger partial charge is 0.0558 e. The van der Waals surface area contributed by atoms with E-state index in [1.54, 1.807) is 0 Å². The number of aliphatic hydroxyl groups is 1. The second-order valence-electron chi connectivity index (χ2n) is 2.93. The third-order valence-corrected chi connectivity index (χ3v) is 1.96. The van der Waals surface area contributed by atoms with Gasteiger partial charge in [0.2, 0.25) is 0 Å². The Labute approximate surface area is 74.9 Å². The van der Waals surface area contributed by atoms with Crippen LogP contribution in [0.5, 0.6) is 0 Å². The van der Waals surface area contributed by atoms with E-state index in [1.807, 2.05) is 6.08 Å². The Hall–Kier alpha value is -0.380. The lowest BCUT2D eigenvalue weighted by molar-refractivity contribution is 0.168. The Morgan fingerprint density at radius 3 is 2.75 bits per heavy atom. The highest BCUT2D eigenvalue weighted by molar-refractivity contribution is 4.77. The Bertz CT molecular complexity index is 117. The highest BCUT2D eigenvalue weighted by atomic mass is 16.3. The average molecular weight is 172 g/mol. The van der Waals surface area contributed by atoms with Crippen molar-refractivity contribution in [2.24, 2.45) is 5.73 Å². The minimum Gasteiger partial charge on any atom is -0.395 e. The van der Waals surface area contributed by atoms with E-state index in [4.69, 9.17) is 10.8 Å². The molecule has 72 valence electrons. The zero-order valence-electron chi connectivity index (χ0n) is 7.87. The van der Waals surface area contributed by atoms with Crippen molar-refractivity contribution in [3.05, 3.63) is 12.7 Å². The normalized spacial score (nSPS) is 13.3. The summed E-state index contributed by atoms with van der Waals surface area (Å²) in [6.45, 7) is 8.20. The molecule has 0 aromatic rings. The van der Waals surface area contributed by atoms with Crippen LogP contribution < -0.4 is 5.73 Å². The molecule has 0 radical (unpaired) electrons. The van der Waals surface area contributed by atoms with Crippen molar-refractivity contribution in [1.82, 2.24) is 4.90 Å². The van der Waals surface area contributed by atoms with Crippen LogP contribution in [0, 0.1) is 0 Å². The molecular formula is C9H20N2O. The van der Waals surface area contributed by atoms with E-state index in [9.17, 15) is 0 Å². The maximum absolute atomic E-state index is 8.77. The second kappa shape index (κ2) is 7.28. The summed E-state index contributed by atoms with van der Waals surface area (Å²) in [4.78, 5) is 2.17. The van der Waals surface area contributed by atoms with Gasteiger partial charge in [-0.3, -0.25) is 4.90 Å². The summed E-state index contributed by atoms with van der Waals surface area (Å²) >= 11 is 0. The maximum atomic E-state index is 8.77. The first-order valence-electron chi connectivity index (χ1n) is 4.42. The Morgan fingerprint density at radius 2 is 2.33 bits per heavy atom. The van der Waals surface area contributed by atoms with Gasteiger partial charge in [0.15, 0.2) is 0 Å². The third-order valence-electron chi connectivity index (χ3n) is 1.96. The van der Waals surface area contributed by atoms with Gasteiger partial charge < -0.3 is 10.8 Å². The van der Waals surface area contributed by atoms with E-state index in [-0.39, 0.29) is 6.61 Å². The minimum atomic E-state index is 0.197. The minimum absolute atomic E-state index is 0.197. The molecule has 3 heteroatoms. The molecule has 0 aliphatic rings. The van der Waals surface area contributed by atoms with Crippen LogP contribution in [-0.4, -0.2) is 42.3 Å².